The lowest BCUT2D eigenvalue weighted by Crippen LogP contribution is -2.25. The van der Waals surface area contributed by atoms with Gasteiger partial charge in [0.15, 0.2) is 5.43 Å². The van der Waals surface area contributed by atoms with Gasteiger partial charge in [0.2, 0.25) is 0 Å². The molecular formula is C21H15F3N4O2. The normalized spacial score (nSPS) is 11.6. The average molecular weight is 412 g/mol. The number of fused-ring (bicyclic) bond motifs is 1. The number of rotatable bonds is 4. The van der Waals surface area contributed by atoms with Gasteiger partial charge in [-0.15, -0.1) is 0 Å². The van der Waals surface area contributed by atoms with E-state index in [1.165, 1.54) is 18.5 Å². The van der Waals surface area contributed by atoms with Crippen molar-refractivity contribution in [2.75, 3.05) is 0 Å². The van der Waals surface area contributed by atoms with Crippen molar-refractivity contribution in [3.05, 3.63) is 88.0 Å². The van der Waals surface area contributed by atoms with Gasteiger partial charge >= 0.3 is 6.18 Å². The molecule has 0 aliphatic rings. The Labute approximate surface area is 167 Å². The second-order valence-electron chi connectivity index (χ2n) is 6.65. The number of halogens is 3. The molecule has 0 saturated heterocycles. The second kappa shape index (κ2) is 7.51. The number of carbonyl (C=O) groups is 1. The molecule has 0 atom stereocenters. The van der Waals surface area contributed by atoms with E-state index in [1.807, 2.05) is 6.07 Å². The van der Waals surface area contributed by atoms with Crippen LogP contribution in [0.3, 0.4) is 0 Å². The molecule has 0 unspecified atom stereocenters. The van der Waals surface area contributed by atoms with Gasteiger partial charge in [-0.05, 0) is 23.3 Å². The van der Waals surface area contributed by atoms with Crippen LogP contribution in [0.4, 0.5) is 13.2 Å². The van der Waals surface area contributed by atoms with Crippen molar-refractivity contribution in [1.29, 1.82) is 0 Å². The SMILES string of the molecule is O=C(NCc1ccccc1)c1cc(=O)c2cc(-c3cn[nH]c3)cc(C(F)(F)F)c2[nH]1. The fraction of sp³-hybridized carbons (Fsp3) is 0.0952. The highest BCUT2D eigenvalue weighted by atomic mass is 19.4. The minimum atomic E-state index is -4.74. The summed E-state index contributed by atoms with van der Waals surface area (Å²) in [5.74, 6) is -0.676. The number of amides is 1. The minimum Gasteiger partial charge on any atom is -0.350 e. The molecule has 2 heterocycles. The zero-order valence-corrected chi connectivity index (χ0v) is 15.4. The number of hydrogen-bond acceptors (Lipinski definition) is 3. The number of H-pyrrole nitrogens is 2. The summed E-state index contributed by atoms with van der Waals surface area (Å²) < 4.78 is 41.2. The fourth-order valence-corrected chi connectivity index (χ4v) is 3.15. The van der Waals surface area contributed by atoms with E-state index in [0.717, 1.165) is 17.7 Å². The molecule has 0 fully saturated rings. The van der Waals surface area contributed by atoms with Crippen LogP contribution in [0.5, 0.6) is 0 Å². The molecule has 9 heteroatoms. The number of aromatic amines is 2. The van der Waals surface area contributed by atoms with Gasteiger partial charge in [-0.25, -0.2) is 0 Å². The van der Waals surface area contributed by atoms with Crippen molar-refractivity contribution >= 4 is 16.8 Å². The Kier molecular flexibility index (Phi) is 4.86. The molecule has 0 aliphatic carbocycles. The lowest BCUT2D eigenvalue weighted by molar-refractivity contribution is -0.136. The highest BCUT2D eigenvalue weighted by Gasteiger charge is 2.34. The number of nitrogens with one attached hydrogen (secondary N) is 3. The Morgan fingerprint density at radius 1 is 1.07 bits per heavy atom. The summed E-state index contributed by atoms with van der Waals surface area (Å²) >= 11 is 0. The number of aromatic nitrogens is 3. The van der Waals surface area contributed by atoms with Gasteiger partial charge < -0.3 is 10.3 Å². The van der Waals surface area contributed by atoms with E-state index in [9.17, 15) is 22.8 Å². The zero-order chi connectivity index (χ0) is 21.3. The van der Waals surface area contributed by atoms with E-state index >= 15 is 0 Å². The molecule has 0 radical (unpaired) electrons. The Hall–Kier alpha value is -3.88. The van der Waals surface area contributed by atoms with E-state index in [1.54, 1.807) is 24.3 Å². The van der Waals surface area contributed by atoms with Crippen LogP contribution in [-0.4, -0.2) is 21.1 Å². The minimum absolute atomic E-state index is 0.166. The third-order valence-corrected chi connectivity index (χ3v) is 4.62. The van der Waals surface area contributed by atoms with Gasteiger partial charge in [0, 0.05) is 29.8 Å². The van der Waals surface area contributed by atoms with Gasteiger partial charge in [-0.3, -0.25) is 14.7 Å². The molecule has 2 aromatic heterocycles. The van der Waals surface area contributed by atoms with Crippen LogP contribution in [0.15, 0.2) is 65.7 Å². The van der Waals surface area contributed by atoms with Crippen LogP contribution in [0.1, 0.15) is 21.6 Å². The standard InChI is InChI=1S/C21H15F3N4O2/c22-21(23,24)16-7-13(14-10-26-27-11-14)6-15-18(29)8-17(28-19(15)16)20(30)25-9-12-4-2-1-3-5-12/h1-8,10-11H,9H2,(H,25,30)(H,26,27)(H,28,29). The lowest BCUT2D eigenvalue weighted by Gasteiger charge is -2.14. The third-order valence-electron chi connectivity index (χ3n) is 4.62. The van der Waals surface area contributed by atoms with Gasteiger partial charge in [0.25, 0.3) is 5.91 Å². The van der Waals surface area contributed by atoms with E-state index < -0.39 is 28.6 Å². The lowest BCUT2D eigenvalue weighted by atomic mass is 10.0. The quantitative estimate of drug-likeness (QED) is 0.475. The molecule has 30 heavy (non-hydrogen) atoms. The molecule has 0 saturated carbocycles. The van der Waals surface area contributed by atoms with Crippen LogP contribution in [0.2, 0.25) is 0 Å². The summed E-state index contributed by atoms with van der Waals surface area (Å²) in [6.07, 6.45) is -1.94. The maximum atomic E-state index is 13.7. The first kappa shape index (κ1) is 19.4. The molecule has 3 N–H and O–H groups in total. The number of carbonyl (C=O) groups excluding carboxylic acids is 1. The molecule has 152 valence electrons. The first-order valence-corrected chi connectivity index (χ1v) is 8.92. The highest BCUT2D eigenvalue weighted by Crippen LogP contribution is 2.36. The Morgan fingerprint density at radius 3 is 2.50 bits per heavy atom. The molecule has 2 aromatic carbocycles. The number of benzene rings is 2. The van der Waals surface area contributed by atoms with Crippen molar-refractivity contribution in [2.24, 2.45) is 0 Å². The first-order chi connectivity index (χ1) is 14.3. The smallest absolute Gasteiger partial charge is 0.350 e. The number of alkyl halides is 3. The number of hydrogen-bond donors (Lipinski definition) is 3. The first-order valence-electron chi connectivity index (χ1n) is 8.92. The molecule has 6 nitrogen and oxygen atoms in total. The Morgan fingerprint density at radius 2 is 1.83 bits per heavy atom. The number of nitrogens with zero attached hydrogens (tertiary/aromatic N) is 1. The van der Waals surface area contributed by atoms with E-state index in [-0.39, 0.29) is 23.2 Å². The molecule has 0 spiro atoms. The fourth-order valence-electron chi connectivity index (χ4n) is 3.15. The van der Waals surface area contributed by atoms with Gasteiger partial charge in [-0.2, -0.15) is 18.3 Å². The van der Waals surface area contributed by atoms with E-state index in [2.05, 4.69) is 20.5 Å². The predicted molar refractivity (Wildman–Crippen MR) is 105 cm³/mol. The summed E-state index contributed by atoms with van der Waals surface area (Å²) in [6, 6.07) is 12.3. The van der Waals surface area contributed by atoms with Gasteiger partial charge in [0.1, 0.15) is 5.69 Å². The molecule has 1 amide bonds. The second-order valence-corrected chi connectivity index (χ2v) is 6.65. The molecule has 4 rings (SSSR count). The summed E-state index contributed by atoms with van der Waals surface area (Å²) in [5, 5.41) is 8.69. The Balaban J connectivity index is 1.78. The molecule has 0 aliphatic heterocycles. The summed E-state index contributed by atoms with van der Waals surface area (Å²) in [5.41, 5.74) is -0.996. The largest absolute Gasteiger partial charge is 0.418 e. The van der Waals surface area contributed by atoms with E-state index in [4.69, 9.17) is 0 Å². The highest BCUT2D eigenvalue weighted by molar-refractivity contribution is 5.96. The molecular weight excluding hydrogens is 397 g/mol. The monoisotopic (exact) mass is 412 g/mol. The van der Waals surface area contributed by atoms with Crippen molar-refractivity contribution in [3.63, 3.8) is 0 Å². The zero-order valence-electron chi connectivity index (χ0n) is 15.4. The maximum Gasteiger partial charge on any atom is 0.418 e. The van der Waals surface area contributed by atoms with Crippen molar-refractivity contribution in [1.82, 2.24) is 20.5 Å². The Bertz CT molecular complexity index is 1260. The van der Waals surface area contributed by atoms with Gasteiger partial charge in [0.05, 0.1) is 17.3 Å². The molecule has 4 aromatic rings. The predicted octanol–water partition coefficient (Wildman–Crippen LogP) is 3.87. The van der Waals surface area contributed by atoms with Crippen LogP contribution >= 0.6 is 0 Å². The van der Waals surface area contributed by atoms with Crippen molar-refractivity contribution < 1.29 is 18.0 Å². The van der Waals surface area contributed by atoms with Crippen LogP contribution in [-0.2, 0) is 12.7 Å². The van der Waals surface area contributed by atoms with Crippen molar-refractivity contribution in [2.45, 2.75) is 12.7 Å². The van der Waals surface area contributed by atoms with Crippen molar-refractivity contribution in [3.8, 4) is 11.1 Å². The topological polar surface area (TPSA) is 90.6 Å². The third kappa shape index (κ3) is 3.82. The summed E-state index contributed by atoms with van der Waals surface area (Å²) in [7, 11) is 0. The van der Waals surface area contributed by atoms with Crippen LogP contribution in [0, 0.1) is 0 Å². The van der Waals surface area contributed by atoms with Gasteiger partial charge in [-0.1, -0.05) is 30.3 Å². The van der Waals surface area contributed by atoms with Crippen LogP contribution < -0.4 is 10.7 Å². The van der Waals surface area contributed by atoms with E-state index in [0.29, 0.717) is 5.56 Å². The maximum absolute atomic E-state index is 13.7. The van der Waals surface area contributed by atoms with Crippen LogP contribution in [0.25, 0.3) is 22.0 Å². The number of pyridine rings is 1. The average Bonchev–Trinajstić information content (AvgIpc) is 3.26. The molecule has 0 bridgehead atoms. The summed E-state index contributed by atoms with van der Waals surface area (Å²) in [4.78, 5) is 27.5. The summed E-state index contributed by atoms with van der Waals surface area (Å²) in [6.45, 7) is 0.172.